The van der Waals surface area contributed by atoms with Gasteiger partial charge in [-0.2, -0.15) is 0 Å². The number of amides is 2. The van der Waals surface area contributed by atoms with Crippen molar-refractivity contribution in [3.05, 3.63) is 16.1 Å². The molecule has 1 aromatic heterocycles. The second-order valence-corrected chi connectivity index (χ2v) is 5.60. The zero-order valence-corrected chi connectivity index (χ0v) is 12.9. The molecule has 0 fully saturated rings. The van der Waals surface area contributed by atoms with Gasteiger partial charge in [0.1, 0.15) is 0 Å². The lowest BCUT2D eigenvalue weighted by Gasteiger charge is -2.24. The Bertz CT molecular complexity index is 461. The molecule has 0 aliphatic heterocycles. The number of nitrogens with zero attached hydrogens (tertiary/aromatic N) is 2. The Morgan fingerprint density at radius 3 is 2.80 bits per heavy atom. The monoisotopic (exact) mass is 299 g/mol. The molecule has 0 radical (unpaired) electrons. The van der Waals surface area contributed by atoms with Crippen LogP contribution in [0.25, 0.3) is 0 Å². The van der Waals surface area contributed by atoms with Crippen LogP contribution in [0, 0.1) is 0 Å². The van der Waals surface area contributed by atoms with Crippen molar-refractivity contribution >= 4 is 23.3 Å². The lowest BCUT2D eigenvalue weighted by Crippen LogP contribution is -2.42. The van der Waals surface area contributed by atoms with Gasteiger partial charge in [-0.3, -0.25) is 0 Å². The number of hydrogen-bond donors (Lipinski definition) is 2. The number of aromatic nitrogens is 1. The van der Waals surface area contributed by atoms with Crippen molar-refractivity contribution in [3.8, 4) is 0 Å². The Kier molecular flexibility index (Phi) is 6.44. The van der Waals surface area contributed by atoms with Crippen LogP contribution >= 0.6 is 11.3 Å². The van der Waals surface area contributed by atoms with Crippen LogP contribution in [0.4, 0.5) is 4.79 Å². The molecule has 0 bridgehead atoms. The van der Waals surface area contributed by atoms with E-state index in [1.165, 1.54) is 16.7 Å². The van der Waals surface area contributed by atoms with Gasteiger partial charge >= 0.3 is 12.0 Å². The predicted octanol–water partition coefficient (Wildman–Crippen LogP) is 2.21. The molecule has 1 unspecified atom stereocenters. The van der Waals surface area contributed by atoms with Crippen molar-refractivity contribution in [2.45, 2.75) is 39.2 Å². The smallest absolute Gasteiger partial charge is 0.355 e. The number of carboxylic acids is 1. The van der Waals surface area contributed by atoms with Crippen molar-refractivity contribution in [2.24, 2.45) is 0 Å². The Balaban J connectivity index is 2.35. The van der Waals surface area contributed by atoms with E-state index in [2.05, 4.69) is 17.2 Å². The predicted molar refractivity (Wildman–Crippen MR) is 78.3 cm³/mol. The summed E-state index contributed by atoms with van der Waals surface area (Å²) in [5.41, 5.74) is 0.0602. The Morgan fingerprint density at radius 1 is 1.55 bits per heavy atom. The van der Waals surface area contributed by atoms with Gasteiger partial charge in [0.2, 0.25) is 0 Å². The highest BCUT2D eigenvalue weighted by atomic mass is 32.1. The topological polar surface area (TPSA) is 82.5 Å². The second-order valence-electron chi connectivity index (χ2n) is 4.66. The van der Waals surface area contributed by atoms with Gasteiger partial charge in [-0.15, -0.1) is 11.3 Å². The molecule has 2 amide bonds. The maximum atomic E-state index is 11.9. The summed E-state index contributed by atoms with van der Waals surface area (Å²) in [5.74, 6) is -1.02. The molecule has 0 aliphatic rings. The van der Waals surface area contributed by atoms with E-state index in [0.717, 1.165) is 12.8 Å². The minimum atomic E-state index is -1.02. The maximum Gasteiger partial charge on any atom is 0.355 e. The SMILES string of the molecule is CCCC(C)N(C)C(=O)NCCc1nc(C(=O)O)cs1. The Labute approximate surface area is 122 Å². The third-order valence-corrected chi connectivity index (χ3v) is 3.98. The summed E-state index contributed by atoms with van der Waals surface area (Å²) >= 11 is 1.30. The first-order chi connectivity index (χ1) is 9.45. The van der Waals surface area contributed by atoms with Gasteiger partial charge in [0.15, 0.2) is 5.69 Å². The zero-order valence-electron chi connectivity index (χ0n) is 12.0. The van der Waals surface area contributed by atoms with E-state index in [-0.39, 0.29) is 17.8 Å². The fourth-order valence-electron chi connectivity index (χ4n) is 1.74. The summed E-state index contributed by atoms with van der Waals surface area (Å²) in [4.78, 5) is 28.2. The molecule has 1 heterocycles. The van der Waals surface area contributed by atoms with Gasteiger partial charge in [-0.25, -0.2) is 14.6 Å². The number of thiazole rings is 1. The van der Waals surface area contributed by atoms with Crippen LogP contribution in [0.2, 0.25) is 0 Å². The minimum Gasteiger partial charge on any atom is -0.476 e. The third-order valence-electron chi connectivity index (χ3n) is 3.07. The number of carbonyl (C=O) groups excluding carboxylic acids is 1. The van der Waals surface area contributed by atoms with Crippen molar-refractivity contribution in [1.29, 1.82) is 0 Å². The molecule has 1 atom stereocenters. The number of urea groups is 1. The highest BCUT2D eigenvalue weighted by Crippen LogP contribution is 2.10. The van der Waals surface area contributed by atoms with Crippen LogP contribution in [0.3, 0.4) is 0 Å². The summed E-state index contributed by atoms with van der Waals surface area (Å²) in [5, 5.41) is 13.8. The van der Waals surface area contributed by atoms with E-state index in [0.29, 0.717) is 18.0 Å². The first-order valence-corrected chi connectivity index (χ1v) is 7.52. The van der Waals surface area contributed by atoms with Crippen molar-refractivity contribution in [2.75, 3.05) is 13.6 Å². The summed E-state index contributed by atoms with van der Waals surface area (Å²) in [6.07, 6.45) is 2.55. The molecule has 1 rings (SSSR count). The molecule has 0 saturated heterocycles. The van der Waals surface area contributed by atoms with Gasteiger partial charge in [0.25, 0.3) is 0 Å². The maximum absolute atomic E-state index is 11.9. The summed E-state index contributed by atoms with van der Waals surface area (Å²) in [7, 11) is 1.78. The number of nitrogens with one attached hydrogen (secondary N) is 1. The average molecular weight is 299 g/mol. The Hall–Kier alpha value is -1.63. The van der Waals surface area contributed by atoms with E-state index in [1.54, 1.807) is 11.9 Å². The Morgan fingerprint density at radius 2 is 2.25 bits per heavy atom. The van der Waals surface area contributed by atoms with Crippen LogP contribution in [-0.4, -0.2) is 46.6 Å². The first kappa shape index (κ1) is 16.4. The van der Waals surface area contributed by atoms with Crippen molar-refractivity contribution in [1.82, 2.24) is 15.2 Å². The fraction of sp³-hybridized carbons (Fsp3) is 0.615. The number of aromatic carboxylic acids is 1. The van der Waals surface area contributed by atoms with E-state index in [4.69, 9.17) is 5.11 Å². The molecule has 2 N–H and O–H groups in total. The highest BCUT2D eigenvalue weighted by molar-refractivity contribution is 7.09. The summed E-state index contributed by atoms with van der Waals surface area (Å²) in [6, 6.07) is 0.0967. The quantitative estimate of drug-likeness (QED) is 0.808. The molecular formula is C13H21N3O3S. The van der Waals surface area contributed by atoms with Crippen LogP contribution < -0.4 is 5.32 Å². The summed E-state index contributed by atoms with van der Waals surface area (Å²) in [6.45, 7) is 4.56. The van der Waals surface area contributed by atoms with E-state index >= 15 is 0 Å². The number of hydrogen-bond acceptors (Lipinski definition) is 4. The molecule has 20 heavy (non-hydrogen) atoms. The van der Waals surface area contributed by atoms with E-state index in [9.17, 15) is 9.59 Å². The average Bonchev–Trinajstić information content (AvgIpc) is 2.87. The third kappa shape index (κ3) is 4.80. The molecule has 0 saturated carbocycles. The van der Waals surface area contributed by atoms with Crippen molar-refractivity contribution in [3.63, 3.8) is 0 Å². The molecule has 112 valence electrons. The van der Waals surface area contributed by atoms with E-state index in [1.807, 2.05) is 6.92 Å². The molecule has 6 nitrogen and oxygen atoms in total. The van der Waals surface area contributed by atoms with E-state index < -0.39 is 5.97 Å². The first-order valence-electron chi connectivity index (χ1n) is 6.64. The molecule has 0 aromatic carbocycles. The van der Waals surface area contributed by atoms with Crippen LogP contribution in [0.1, 0.15) is 42.2 Å². The fourth-order valence-corrected chi connectivity index (χ4v) is 2.51. The number of rotatable bonds is 7. The summed E-state index contributed by atoms with van der Waals surface area (Å²) < 4.78 is 0. The molecule has 7 heteroatoms. The number of carbonyl (C=O) groups is 2. The molecule has 0 aliphatic carbocycles. The van der Waals surface area contributed by atoms with Gasteiger partial charge in [-0.1, -0.05) is 13.3 Å². The zero-order chi connectivity index (χ0) is 15.1. The lowest BCUT2D eigenvalue weighted by molar-refractivity contribution is 0.0691. The van der Waals surface area contributed by atoms with Gasteiger partial charge < -0.3 is 15.3 Å². The lowest BCUT2D eigenvalue weighted by atomic mass is 10.2. The van der Waals surface area contributed by atoms with Gasteiger partial charge in [0.05, 0.1) is 5.01 Å². The highest BCUT2D eigenvalue weighted by Gasteiger charge is 2.14. The minimum absolute atomic E-state index is 0.0602. The normalized spacial score (nSPS) is 11.9. The van der Waals surface area contributed by atoms with Crippen molar-refractivity contribution < 1.29 is 14.7 Å². The number of carboxylic acid groups (broad SMARTS) is 1. The largest absolute Gasteiger partial charge is 0.476 e. The van der Waals surface area contributed by atoms with Gasteiger partial charge in [0, 0.05) is 31.4 Å². The molecule has 1 aromatic rings. The second kappa shape index (κ2) is 7.84. The standard InChI is InChI=1S/C13H21N3O3S/c1-4-5-9(2)16(3)13(19)14-7-6-11-15-10(8-20-11)12(17)18/h8-9H,4-7H2,1-3H3,(H,14,19)(H,17,18). The van der Waals surface area contributed by atoms with Gasteiger partial charge in [-0.05, 0) is 13.3 Å². The van der Waals surface area contributed by atoms with Crippen LogP contribution in [-0.2, 0) is 6.42 Å². The van der Waals surface area contributed by atoms with Crippen LogP contribution in [0.5, 0.6) is 0 Å². The molecule has 0 spiro atoms. The molecular weight excluding hydrogens is 278 g/mol. The van der Waals surface area contributed by atoms with Crippen LogP contribution in [0.15, 0.2) is 5.38 Å².